The van der Waals surface area contributed by atoms with Crippen LogP contribution in [0.3, 0.4) is 0 Å². The van der Waals surface area contributed by atoms with Crippen LogP contribution in [-0.2, 0) is 10.3 Å². The Morgan fingerprint density at radius 2 is 1.84 bits per heavy atom. The zero-order chi connectivity index (χ0) is 17.7. The molecule has 2 aromatic rings. The van der Waals surface area contributed by atoms with Crippen molar-refractivity contribution in [2.24, 2.45) is 0 Å². The maximum absolute atomic E-state index is 8.23. The van der Waals surface area contributed by atoms with Crippen LogP contribution in [-0.4, -0.2) is 34.2 Å². The summed E-state index contributed by atoms with van der Waals surface area (Å²) in [6.07, 6.45) is 3.78. The molecule has 1 fully saturated rings. The van der Waals surface area contributed by atoms with Crippen molar-refractivity contribution in [1.82, 2.24) is 9.47 Å². The number of hydrogen-bond acceptors (Lipinski definition) is 3. The molecule has 3 heterocycles. The van der Waals surface area contributed by atoms with Crippen LogP contribution in [0.1, 0.15) is 39.3 Å². The number of aromatic nitrogens is 1. The van der Waals surface area contributed by atoms with Gasteiger partial charge in [0, 0.05) is 32.1 Å². The third kappa shape index (κ3) is 2.77. The average molecular weight is 339 g/mol. The van der Waals surface area contributed by atoms with Crippen molar-refractivity contribution in [1.29, 1.82) is 5.41 Å². The predicted octanol–water partition coefficient (Wildman–Crippen LogP) is 3.91. The van der Waals surface area contributed by atoms with Crippen LogP contribution in [0.25, 0.3) is 5.69 Å². The quantitative estimate of drug-likeness (QED) is 0.585. The van der Waals surface area contributed by atoms with Gasteiger partial charge in [0.2, 0.25) is 0 Å². The minimum absolute atomic E-state index is 0.258. The van der Waals surface area contributed by atoms with Crippen molar-refractivity contribution in [2.75, 3.05) is 13.1 Å². The molecule has 0 radical (unpaired) electrons. The SMILES string of the molecule is CC(C)(C)OC(=N)N1CCC2(CC1)Oc1ccccc1-n1cccc12. The molecule has 4 rings (SSSR count). The van der Waals surface area contributed by atoms with E-state index < -0.39 is 0 Å². The third-order valence-electron chi connectivity index (χ3n) is 4.91. The van der Waals surface area contributed by atoms with Gasteiger partial charge >= 0.3 is 0 Å². The summed E-state index contributed by atoms with van der Waals surface area (Å²) in [6, 6.07) is 12.7. The van der Waals surface area contributed by atoms with E-state index in [1.807, 2.05) is 43.9 Å². The maximum Gasteiger partial charge on any atom is 0.284 e. The number of benzene rings is 1. The van der Waals surface area contributed by atoms with Crippen molar-refractivity contribution >= 4 is 6.02 Å². The number of nitrogens with zero attached hydrogens (tertiary/aromatic N) is 2. The molecular weight excluding hydrogens is 314 g/mol. The molecule has 1 saturated heterocycles. The first-order chi connectivity index (χ1) is 11.9. The van der Waals surface area contributed by atoms with E-state index in [0.717, 1.165) is 37.4 Å². The molecule has 2 aliphatic heterocycles. The number of hydrogen-bond donors (Lipinski definition) is 1. The van der Waals surface area contributed by atoms with Crippen molar-refractivity contribution in [2.45, 2.75) is 44.8 Å². The monoisotopic (exact) mass is 339 g/mol. The molecule has 1 spiro atoms. The van der Waals surface area contributed by atoms with Crippen LogP contribution in [0, 0.1) is 5.41 Å². The van der Waals surface area contributed by atoms with E-state index in [-0.39, 0.29) is 17.2 Å². The molecule has 1 aromatic carbocycles. The van der Waals surface area contributed by atoms with Gasteiger partial charge in [0.1, 0.15) is 11.4 Å². The van der Waals surface area contributed by atoms with E-state index in [0.29, 0.717) is 0 Å². The summed E-state index contributed by atoms with van der Waals surface area (Å²) in [6.45, 7) is 7.42. The first kappa shape index (κ1) is 16.1. The minimum atomic E-state index is -0.346. The van der Waals surface area contributed by atoms with Crippen LogP contribution in [0.15, 0.2) is 42.6 Å². The molecule has 25 heavy (non-hydrogen) atoms. The van der Waals surface area contributed by atoms with Gasteiger partial charge in [-0.2, -0.15) is 0 Å². The Morgan fingerprint density at radius 3 is 2.56 bits per heavy atom. The molecule has 2 aliphatic rings. The molecule has 1 aromatic heterocycles. The van der Waals surface area contributed by atoms with Gasteiger partial charge in [0.15, 0.2) is 5.60 Å². The molecule has 0 unspecified atom stereocenters. The van der Waals surface area contributed by atoms with Crippen molar-refractivity contribution in [3.63, 3.8) is 0 Å². The highest BCUT2D eigenvalue weighted by atomic mass is 16.5. The van der Waals surface area contributed by atoms with Crippen LogP contribution < -0.4 is 4.74 Å². The molecule has 5 heteroatoms. The lowest BCUT2D eigenvalue weighted by atomic mass is 9.86. The summed E-state index contributed by atoms with van der Waals surface area (Å²) in [4.78, 5) is 2.01. The Hall–Kier alpha value is -2.43. The van der Waals surface area contributed by atoms with Gasteiger partial charge < -0.3 is 18.9 Å². The first-order valence-electron chi connectivity index (χ1n) is 8.87. The van der Waals surface area contributed by atoms with Gasteiger partial charge in [-0.1, -0.05) is 12.1 Å². The zero-order valence-corrected chi connectivity index (χ0v) is 15.1. The lowest BCUT2D eigenvalue weighted by Gasteiger charge is -2.45. The van der Waals surface area contributed by atoms with E-state index in [9.17, 15) is 0 Å². The molecule has 0 atom stereocenters. The summed E-state index contributed by atoms with van der Waals surface area (Å²) in [7, 11) is 0. The molecule has 132 valence electrons. The number of piperidine rings is 1. The van der Waals surface area contributed by atoms with E-state index in [1.54, 1.807) is 0 Å². The van der Waals surface area contributed by atoms with Gasteiger partial charge in [-0.15, -0.1) is 0 Å². The minimum Gasteiger partial charge on any atom is -0.479 e. The van der Waals surface area contributed by atoms with Crippen LogP contribution in [0.4, 0.5) is 0 Å². The predicted molar refractivity (Wildman–Crippen MR) is 97.4 cm³/mol. The molecule has 0 amide bonds. The second-order valence-electron chi connectivity index (χ2n) is 7.83. The van der Waals surface area contributed by atoms with Gasteiger partial charge in [-0.25, -0.2) is 0 Å². The fourth-order valence-electron chi connectivity index (χ4n) is 3.75. The molecular formula is C20H25N3O2. The number of amidine groups is 1. The summed E-state index contributed by atoms with van der Waals surface area (Å²) in [5.74, 6) is 0.931. The maximum atomic E-state index is 8.23. The van der Waals surface area contributed by atoms with Gasteiger partial charge in [0.25, 0.3) is 6.02 Å². The van der Waals surface area contributed by atoms with Gasteiger partial charge in [0.05, 0.1) is 11.4 Å². The Labute approximate surface area is 148 Å². The van der Waals surface area contributed by atoms with E-state index in [4.69, 9.17) is 14.9 Å². The molecule has 5 nitrogen and oxygen atoms in total. The van der Waals surface area contributed by atoms with E-state index in [1.165, 1.54) is 5.69 Å². The van der Waals surface area contributed by atoms with Crippen molar-refractivity contribution < 1.29 is 9.47 Å². The Balaban J connectivity index is 1.57. The van der Waals surface area contributed by atoms with Crippen LogP contribution >= 0.6 is 0 Å². The van der Waals surface area contributed by atoms with Crippen LogP contribution in [0.2, 0.25) is 0 Å². The van der Waals surface area contributed by atoms with E-state index in [2.05, 4.69) is 29.0 Å². The molecule has 0 bridgehead atoms. The number of likely N-dealkylation sites (tertiary alicyclic amines) is 1. The highest BCUT2D eigenvalue weighted by molar-refractivity contribution is 5.71. The van der Waals surface area contributed by atoms with Gasteiger partial charge in [-0.3, -0.25) is 5.41 Å². The summed E-state index contributed by atoms with van der Waals surface area (Å²) >= 11 is 0. The Morgan fingerprint density at radius 1 is 1.12 bits per heavy atom. The Kier molecular flexibility index (Phi) is 3.56. The number of para-hydroxylation sites is 2. The molecule has 0 saturated carbocycles. The third-order valence-corrected chi connectivity index (χ3v) is 4.91. The molecule has 1 N–H and O–H groups in total. The second kappa shape index (κ2) is 5.55. The highest BCUT2D eigenvalue weighted by Crippen LogP contribution is 2.44. The van der Waals surface area contributed by atoms with E-state index >= 15 is 0 Å². The topological polar surface area (TPSA) is 50.5 Å². The van der Waals surface area contributed by atoms with Crippen molar-refractivity contribution in [3.05, 3.63) is 48.3 Å². The summed E-state index contributed by atoms with van der Waals surface area (Å²) in [5.41, 5.74) is 1.63. The normalized spacial score (nSPS) is 18.3. The number of rotatable bonds is 0. The lowest BCUT2D eigenvalue weighted by Crippen LogP contribution is -2.51. The van der Waals surface area contributed by atoms with Crippen molar-refractivity contribution in [3.8, 4) is 11.4 Å². The highest BCUT2D eigenvalue weighted by Gasteiger charge is 2.44. The Bertz CT molecular complexity index is 795. The number of nitrogens with one attached hydrogen (secondary N) is 1. The summed E-state index contributed by atoms with van der Waals surface area (Å²) < 4.78 is 14.5. The molecule has 0 aliphatic carbocycles. The number of ether oxygens (including phenoxy) is 2. The number of fused-ring (bicyclic) bond motifs is 4. The largest absolute Gasteiger partial charge is 0.479 e. The summed E-state index contributed by atoms with van der Waals surface area (Å²) in [5, 5.41) is 8.23. The average Bonchev–Trinajstić information content (AvgIpc) is 3.05. The second-order valence-corrected chi connectivity index (χ2v) is 7.83. The first-order valence-corrected chi connectivity index (χ1v) is 8.87. The fraction of sp³-hybridized carbons (Fsp3) is 0.450. The fourth-order valence-corrected chi connectivity index (χ4v) is 3.75. The zero-order valence-electron chi connectivity index (χ0n) is 15.1. The smallest absolute Gasteiger partial charge is 0.284 e. The standard InChI is InChI=1S/C20H25N3O2/c1-19(2,3)25-18(21)22-13-10-20(11-14-22)17-9-6-12-23(17)15-7-4-5-8-16(15)24-20/h4-9,12,21H,10-11,13-14H2,1-3H3. The van der Waals surface area contributed by atoms with Crippen LogP contribution in [0.5, 0.6) is 5.75 Å². The lowest BCUT2D eigenvalue weighted by molar-refractivity contribution is -0.00954. The van der Waals surface area contributed by atoms with Gasteiger partial charge in [-0.05, 0) is 45.0 Å².